The molecule has 0 unspecified atom stereocenters. The summed E-state index contributed by atoms with van der Waals surface area (Å²) in [5.41, 5.74) is 0.858. The van der Waals surface area contributed by atoms with Crippen LogP contribution in [0.2, 0.25) is 0 Å². The van der Waals surface area contributed by atoms with Gasteiger partial charge in [-0.3, -0.25) is 4.79 Å². The number of nitrogens with one attached hydrogen (secondary N) is 1. The quantitative estimate of drug-likeness (QED) is 0.522. The molecule has 0 aliphatic rings. The summed E-state index contributed by atoms with van der Waals surface area (Å²) in [5, 5.41) is 12.0. The third-order valence-corrected chi connectivity index (χ3v) is 3.18. The first-order valence-electron chi connectivity index (χ1n) is 7.40. The Hall–Kier alpha value is -3.39. The fourth-order valence-electron chi connectivity index (χ4n) is 2.07. The molecule has 24 heavy (non-hydrogen) atoms. The highest BCUT2D eigenvalue weighted by Crippen LogP contribution is 2.18. The number of ether oxygens (including phenoxy) is 1. The second-order valence-electron chi connectivity index (χ2n) is 4.77. The van der Waals surface area contributed by atoms with Crippen molar-refractivity contribution in [3.63, 3.8) is 0 Å². The van der Waals surface area contributed by atoms with Crippen molar-refractivity contribution in [2.45, 2.75) is 6.92 Å². The molecule has 120 valence electrons. The summed E-state index contributed by atoms with van der Waals surface area (Å²) in [6, 6.07) is 19.1. The lowest BCUT2D eigenvalue weighted by Gasteiger charge is -2.12. The van der Waals surface area contributed by atoms with Gasteiger partial charge in [-0.05, 0) is 24.6 Å². The zero-order chi connectivity index (χ0) is 17.4. The topological polar surface area (TPSA) is 79.2 Å². The van der Waals surface area contributed by atoms with Crippen molar-refractivity contribution < 1.29 is 14.3 Å². The van der Waals surface area contributed by atoms with Crippen molar-refractivity contribution in [1.29, 1.82) is 5.26 Å². The van der Waals surface area contributed by atoms with Crippen LogP contribution < -0.4 is 5.32 Å². The number of esters is 1. The first kappa shape index (κ1) is 17.0. The molecule has 0 fully saturated rings. The average molecular weight is 320 g/mol. The minimum absolute atomic E-state index is 0.130. The normalized spacial score (nSPS) is 11.0. The Morgan fingerprint density at radius 3 is 2.04 bits per heavy atom. The van der Waals surface area contributed by atoms with E-state index in [-0.39, 0.29) is 17.9 Å². The Bertz CT molecular complexity index is 790. The molecule has 0 atom stereocenters. The minimum atomic E-state index is -0.771. The van der Waals surface area contributed by atoms with Crippen LogP contribution in [0.3, 0.4) is 0 Å². The summed E-state index contributed by atoms with van der Waals surface area (Å²) in [4.78, 5) is 24.5. The van der Waals surface area contributed by atoms with E-state index >= 15 is 0 Å². The van der Waals surface area contributed by atoms with E-state index in [4.69, 9.17) is 4.74 Å². The second-order valence-corrected chi connectivity index (χ2v) is 4.77. The molecular weight excluding hydrogens is 304 g/mol. The number of hydrogen-bond acceptors (Lipinski definition) is 4. The Balaban J connectivity index is 2.46. The lowest BCUT2D eigenvalue weighted by atomic mass is 10.1. The number of carbonyl (C=O) groups excluding carboxylic acids is 2. The van der Waals surface area contributed by atoms with Gasteiger partial charge in [-0.25, -0.2) is 4.79 Å². The Kier molecular flexibility index (Phi) is 5.87. The van der Waals surface area contributed by atoms with Crippen LogP contribution >= 0.6 is 0 Å². The maximum Gasteiger partial charge on any atom is 0.351 e. The largest absolute Gasteiger partial charge is 0.462 e. The molecule has 0 heterocycles. The SMILES string of the molecule is CCOC(=O)/C(C#N)=C(\NC(=O)c1ccccc1)c1ccccc1. The van der Waals surface area contributed by atoms with Gasteiger partial charge in [0.2, 0.25) is 0 Å². The molecule has 0 aliphatic carbocycles. The lowest BCUT2D eigenvalue weighted by Crippen LogP contribution is -2.25. The second kappa shape index (κ2) is 8.30. The minimum Gasteiger partial charge on any atom is -0.462 e. The highest BCUT2D eigenvalue weighted by molar-refractivity contribution is 6.07. The van der Waals surface area contributed by atoms with Crippen molar-refractivity contribution in [2.75, 3.05) is 6.61 Å². The molecule has 2 rings (SSSR count). The van der Waals surface area contributed by atoms with Gasteiger partial charge in [0.05, 0.1) is 12.3 Å². The monoisotopic (exact) mass is 320 g/mol. The molecule has 0 aliphatic heterocycles. The van der Waals surface area contributed by atoms with E-state index in [0.717, 1.165) is 0 Å². The first-order chi connectivity index (χ1) is 11.7. The van der Waals surface area contributed by atoms with Gasteiger partial charge in [0.1, 0.15) is 6.07 Å². The Morgan fingerprint density at radius 1 is 1.00 bits per heavy atom. The van der Waals surface area contributed by atoms with Crippen LogP contribution in [0.15, 0.2) is 66.2 Å². The van der Waals surface area contributed by atoms with Gasteiger partial charge in [0.25, 0.3) is 5.91 Å². The molecule has 2 aromatic carbocycles. The van der Waals surface area contributed by atoms with E-state index < -0.39 is 11.9 Å². The van der Waals surface area contributed by atoms with E-state index in [0.29, 0.717) is 11.1 Å². The van der Waals surface area contributed by atoms with Gasteiger partial charge in [-0.1, -0.05) is 48.5 Å². The zero-order valence-electron chi connectivity index (χ0n) is 13.2. The van der Waals surface area contributed by atoms with E-state index in [1.807, 2.05) is 6.07 Å². The highest BCUT2D eigenvalue weighted by atomic mass is 16.5. The number of nitriles is 1. The summed E-state index contributed by atoms with van der Waals surface area (Å²) in [6.45, 7) is 1.79. The van der Waals surface area contributed by atoms with Gasteiger partial charge in [0.15, 0.2) is 5.57 Å². The van der Waals surface area contributed by atoms with Crippen LogP contribution in [0.5, 0.6) is 0 Å². The van der Waals surface area contributed by atoms with Crippen LogP contribution in [0.4, 0.5) is 0 Å². The standard InChI is InChI=1S/C19H16N2O3/c1-2-24-19(23)16(13-20)17(14-9-5-3-6-10-14)21-18(22)15-11-7-4-8-12-15/h3-12H,2H2,1H3,(H,21,22)/b17-16-. The van der Waals surface area contributed by atoms with Crippen molar-refractivity contribution in [3.8, 4) is 6.07 Å². The summed E-state index contributed by atoms with van der Waals surface area (Å²) >= 11 is 0. The van der Waals surface area contributed by atoms with Gasteiger partial charge < -0.3 is 10.1 Å². The van der Waals surface area contributed by atoms with Crippen LogP contribution in [0.1, 0.15) is 22.8 Å². The Morgan fingerprint density at radius 2 is 1.54 bits per heavy atom. The number of amides is 1. The number of rotatable bonds is 5. The summed E-state index contributed by atoms with van der Waals surface area (Å²) in [5.74, 6) is -1.18. The molecule has 0 aromatic heterocycles. The zero-order valence-corrected chi connectivity index (χ0v) is 13.2. The van der Waals surface area contributed by atoms with Crippen molar-refractivity contribution in [1.82, 2.24) is 5.32 Å². The molecule has 5 heteroatoms. The number of hydrogen-bond donors (Lipinski definition) is 1. The molecule has 0 saturated carbocycles. The predicted molar refractivity (Wildman–Crippen MR) is 89.5 cm³/mol. The predicted octanol–water partition coefficient (Wildman–Crippen LogP) is 2.91. The van der Waals surface area contributed by atoms with E-state index in [1.54, 1.807) is 67.6 Å². The lowest BCUT2D eigenvalue weighted by molar-refractivity contribution is -0.137. The molecule has 0 bridgehead atoms. The van der Waals surface area contributed by atoms with Crippen LogP contribution in [0.25, 0.3) is 5.70 Å². The third kappa shape index (κ3) is 4.08. The van der Waals surface area contributed by atoms with Gasteiger partial charge in [-0.2, -0.15) is 5.26 Å². The maximum absolute atomic E-state index is 12.4. The summed E-state index contributed by atoms with van der Waals surface area (Å²) in [7, 11) is 0. The summed E-state index contributed by atoms with van der Waals surface area (Å²) in [6.07, 6.45) is 0. The average Bonchev–Trinajstić information content (AvgIpc) is 2.63. The van der Waals surface area contributed by atoms with Crippen LogP contribution in [0, 0.1) is 11.3 Å². The molecule has 2 aromatic rings. The van der Waals surface area contributed by atoms with Gasteiger partial charge >= 0.3 is 5.97 Å². The number of carbonyl (C=O) groups is 2. The number of nitrogens with zero attached hydrogens (tertiary/aromatic N) is 1. The summed E-state index contributed by atoms with van der Waals surface area (Å²) < 4.78 is 4.91. The smallest absolute Gasteiger partial charge is 0.351 e. The van der Waals surface area contributed by atoms with E-state index in [9.17, 15) is 14.9 Å². The molecule has 5 nitrogen and oxygen atoms in total. The van der Waals surface area contributed by atoms with Crippen molar-refractivity contribution >= 4 is 17.6 Å². The van der Waals surface area contributed by atoms with Crippen molar-refractivity contribution in [2.24, 2.45) is 0 Å². The van der Waals surface area contributed by atoms with Crippen LogP contribution in [-0.4, -0.2) is 18.5 Å². The molecule has 0 radical (unpaired) electrons. The fourth-order valence-corrected chi connectivity index (χ4v) is 2.07. The fraction of sp³-hybridized carbons (Fsp3) is 0.105. The highest BCUT2D eigenvalue weighted by Gasteiger charge is 2.20. The van der Waals surface area contributed by atoms with Gasteiger partial charge in [0, 0.05) is 5.56 Å². The molecular formula is C19H16N2O3. The van der Waals surface area contributed by atoms with Crippen molar-refractivity contribution in [3.05, 3.63) is 77.4 Å². The molecule has 1 amide bonds. The maximum atomic E-state index is 12.4. The van der Waals surface area contributed by atoms with Gasteiger partial charge in [-0.15, -0.1) is 0 Å². The molecule has 0 spiro atoms. The number of benzene rings is 2. The van der Waals surface area contributed by atoms with E-state index in [2.05, 4.69) is 5.32 Å². The molecule has 0 saturated heterocycles. The molecule has 1 N–H and O–H groups in total. The first-order valence-corrected chi connectivity index (χ1v) is 7.40. The van der Waals surface area contributed by atoms with Crippen LogP contribution in [-0.2, 0) is 9.53 Å². The third-order valence-electron chi connectivity index (χ3n) is 3.18. The van der Waals surface area contributed by atoms with E-state index in [1.165, 1.54) is 0 Å². The Labute approximate surface area is 140 Å².